The van der Waals surface area contributed by atoms with Gasteiger partial charge in [0.25, 0.3) is 15.9 Å². The van der Waals surface area contributed by atoms with Crippen LogP contribution in [0.5, 0.6) is 0 Å². The number of hydrogen-bond acceptors (Lipinski definition) is 7. The van der Waals surface area contributed by atoms with Crippen LogP contribution < -0.4 is 15.7 Å². The summed E-state index contributed by atoms with van der Waals surface area (Å²) in [6, 6.07) is 9.40. The van der Waals surface area contributed by atoms with E-state index in [9.17, 15) is 18.0 Å². The molecule has 3 N–H and O–H groups in total. The van der Waals surface area contributed by atoms with Crippen LogP contribution in [0.1, 0.15) is 56.4 Å². The Hall–Kier alpha value is -3.86. The summed E-state index contributed by atoms with van der Waals surface area (Å²) in [7, 11) is -3.83. The van der Waals surface area contributed by atoms with E-state index in [0.717, 1.165) is 0 Å². The summed E-state index contributed by atoms with van der Waals surface area (Å²) in [5.74, 6) is -0.185. The first kappa shape index (κ1) is 22.3. The van der Waals surface area contributed by atoms with E-state index in [0.29, 0.717) is 53.2 Å². The topological polar surface area (TPSA) is 143 Å². The van der Waals surface area contributed by atoms with Crippen molar-refractivity contribution >= 4 is 27.5 Å². The lowest BCUT2D eigenvalue weighted by Crippen LogP contribution is -2.41. The maximum atomic E-state index is 12.7. The molecule has 10 nitrogen and oxygen atoms in total. The predicted octanol–water partition coefficient (Wildman–Crippen LogP) is 2.58. The quantitative estimate of drug-likeness (QED) is 0.489. The van der Waals surface area contributed by atoms with E-state index in [1.54, 1.807) is 32.0 Å². The molecule has 2 heterocycles. The molecule has 0 saturated carbocycles. The van der Waals surface area contributed by atoms with Gasteiger partial charge in [-0.15, -0.1) is 0 Å². The van der Waals surface area contributed by atoms with Crippen molar-refractivity contribution in [2.24, 2.45) is 5.10 Å². The second-order valence-electron chi connectivity index (χ2n) is 7.47. The van der Waals surface area contributed by atoms with Crippen LogP contribution in [0.25, 0.3) is 0 Å². The van der Waals surface area contributed by atoms with Gasteiger partial charge in [0.15, 0.2) is 5.76 Å². The molecule has 1 aromatic carbocycles. The fraction of sp³-hybridized carbons (Fsp3) is 0.227. The third-order valence-corrected chi connectivity index (χ3v) is 6.50. The largest absolute Gasteiger partial charge is 0.469 e. The number of nitrogens with one attached hydrogen (secondary N) is 3. The zero-order chi connectivity index (χ0) is 23.6. The molecule has 0 aliphatic heterocycles. The van der Waals surface area contributed by atoms with Gasteiger partial charge in [0, 0.05) is 17.5 Å². The van der Waals surface area contributed by atoms with Gasteiger partial charge in [0.05, 0.1) is 22.4 Å². The number of hydrazine groups is 1. The number of amides is 2. The molecule has 0 unspecified atom stereocenters. The SMILES string of the molecule is Cc1occc1C(=O)NNC(=O)c1oc2c(c1C)/C(=N/NS(=O)(=O)c1ccccc1)CCC2. The van der Waals surface area contributed by atoms with Crippen molar-refractivity contribution in [3.05, 3.63) is 76.6 Å². The zero-order valence-corrected chi connectivity index (χ0v) is 18.8. The molecule has 0 spiro atoms. The molecule has 172 valence electrons. The molecule has 0 atom stereocenters. The van der Waals surface area contributed by atoms with Crippen LogP contribution in [-0.4, -0.2) is 25.9 Å². The smallest absolute Gasteiger partial charge is 0.305 e. The fourth-order valence-corrected chi connectivity index (χ4v) is 4.47. The number of aryl methyl sites for hydroxylation is 2. The van der Waals surface area contributed by atoms with Crippen molar-refractivity contribution in [1.82, 2.24) is 15.7 Å². The summed E-state index contributed by atoms with van der Waals surface area (Å²) in [5, 5.41) is 4.13. The lowest BCUT2D eigenvalue weighted by Gasteiger charge is -2.14. The Kier molecular flexibility index (Phi) is 6.05. The van der Waals surface area contributed by atoms with E-state index in [2.05, 4.69) is 20.8 Å². The molecule has 1 aliphatic carbocycles. The third kappa shape index (κ3) is 4.53. The van der Waals surface area contributed by atoms with E-state index >= 15 is 0 Å². The van der Waals surface area contributed by atoms with Gasteiger partial charge in [-0.3, -0.25) is 20.4 Å². The first-order valence-corrected chi connectivity index (χ1v) is 11.7. The molecule has 2 aromatic heterocycles. The summed E-state index contributed by atoms with van der Waals surface area (Å²) in [4.78, 5) is 27.2. The molecule has 2 amide bonds. The number of rotatable bonds is 5. The number of hydrazone groups is 1. The van der Waals surface area contributed by atoms with Crippen LogP contribution in [0.3, 0.4) is 0 Å². The summed E-state index contributed by atoms with van der Waals surface area (Å²) >= 11 is 0. The van der Waals surface area contributed by atoms with Crippen molar-refractivity contribution < 1.29 is 26.8 Å². The minimum atomic E-state index is -3.83. The number of hydrogen-bond donors (Lipinski definition) is 3. The Labute approximate surface area is 190 Å². The maximum Gasteiger partial charge on any atom is 0.305 e. The van der Waals surface area contributed by atoms with Crippen molar-refractivity contribution in [3.63, 3.8) is 0 Å². The average Bonchev–Trinajstić information content (AvgIpc) is 3.40. The molecule has 11 heteroatoms. The molecule has 0 bridgehead atoms. The Morgan fingerprint density at radius 3 is 2.42 bits per heavy atom. The molecule has 0 fully saturated rings. The van der Waals surface area contributed by atoms with Crippen molar-refractivity contribution in [1.29, 1.82) is 0 Å². The Balaban J connectivity index is 1.52. The van der Waals surface area contributed by atoms with Crippen LogP contribution in [0.4, 0.5) is 0 Å². The highest BCUT2D eigenvalue weighted by atomic mass is 32.2. The molecule has 0 saturated heterocycles. The van der Waals surface area contributed by atoms with Gasteiger partial charge in [-0.2, -0.15) is 18.4 Å². The second-order valence-corrected chi connectivity index (χ2v) is 9.13. The number of carbonyl (C=O) groups excluding carboxylic acids is 2. The number of furan rings is 2. The summed E-state index contributed by atoms with van der Waals surface area (Å²) in [5.41, 5.74) is 6.54. The van der Waals surface area contributed by atoms with Gasteiger partial charge in [-0.05, 0) is 44.9 Å². The first-order valence-electron chi connectivity index (χ1n) is 10.2. The minimum Gasteiger partial charge on any atom is -0.469 e. The molecule has 33 heavy (non-hydrogen) atoms. The number of sulfonamides is 1. The zero-order valence-electron chi connectivity index (χ0n) is 18.0. The molecular formula is C22H22N4O6S. The van der Waals surface area contributed by atoms with Crippen molar-refractivity contribution in [3.8, 4) is 0 Å². The Morgan fingerprint density at radius 1 is 1.00 bits per heavy atom. The monoisotopic (exact) mass is 470 g/mol. The van der Waals surface area contributed by atoms with Crippen LogP contribution in [0.2, 0.25) is 0 Å². The lowest BCUT2D eigenvalue weighted by atomic mass is 9.93. The van der Waals surface area contributed by atoms with Crippen molar-refractivity contribution in [2.75, 3.05) is 0 Å². The minimum absolute atomic E-state index is 0.0183. The van der Waals surface area contributed by atoms with Crippen LogP contribution >= 0.6 is 0 Å². The number of benzene rings is 1. The highest BCUT2D eigenvalue weighted by Gasteiger charge is 2.28. The van der Waals surface area contributed by atoms with Gasteiger partial charge in [0.1, 0.15) is 11.5 Å². The normalized spacial score (nSPS) is 14.5. The maximum absolute atomic E-state index is 12.7. The van der Waals surface area contributed by atoms with Gasteiger partial charge in [-0.1, -0.05) is 18.2 Å². The highest BCUT2D eigenvalue weighted by Crippen LogP contribution is 2.30. The van der Waals surface area contributed by atoms with Crippen LogP contribution in [-0.2, 0) is 16.4 Å². The highest BCUT2D eigenvalue weighted by molar-refractivity contribution is 7.89. The number of nitrogens with zero attached hydrogens (tertiary/aromatic N) is 1. The fourth-order valence-electron chi connectivity index (χ4n) is 3.62. The molecule has 0 radical (unpaired) electrons. The number of carbonyl (C=O) groups is 2. The summed E-state index contributed by atoms with van der Waals surface area (Å²) < 4.78 is 35.8. The molecule has 3 aromatic rings. The van der Waals surface area contributed by atoms with Crippen LogP contribution in [0, 0.1) is 13.8 Å². The summed E-state index contributed by atoms with van der Waals surface area (Å²) in [6.07, 6.45) is 3.16. The van der Waals surface area contributed by atoms with Gasteiger partial charge >= 0.3 is 5.91 Å². The van der Waals surface area contributed by atoms with E-state index in [-0.39, 0.29) is 10.7 Å². The van der Waals surface area contributed by atoms with E-state index in [1.807, 2.05) is 0 Å². The van der Waals surface area contributed by atoms with Gasteiger partial charge in [-0.25, -0.2) is 0 Å². The Bertz CT molecular complexity index is 1340. The lowest BCUT2D eigenvalue weighted by molar-refractivity contribution is 0.0828. The van der Waals surface area contributed by atoms with Gasteiger partial charge in [0.2, 0.25) is 0 Å². The number of fused-ring (bicyclic) bond motifs is 1. The molecule has 4 rings (SSSR count). The third-order valence-electron chi connectivity index (χ3n) is 5.28. The average molecular weight is 471 g/mol. The predicted molar refractivity (Wildman–Crippen MR) is 118 cm³/mol. The van der Waals surface area contributed by atoms with E-state index in [1.165, 1.54) is 24.5 Å². The molecule has 1 aliphatic rings. The van der Waals surface area contributed by atoms with Crippen LogP contribution in [0.15, 0.2) is 61.5 Å². The van der Waals surface area contributed by atoms with E-state index in [4.69, 9.17) is 8.83 Å². The summed E-state index contributed by atoms with van der Waals surface area (Å²) in [6.45, 7) is 3.32. The van der Waals surface area contributed by atoms with Gasteiger partial charge < -0.3 is 8.83 Å². The Morgan fingerprint density at radius 2 is 1.73 bits per heavy atom. The standard InChI is InChI=1S/C22H22N4O6S/c1-13-19-17(23-26-33(29,30)15-7-4-3-5-8-15)9-6-10-18(19)32-20(13)22(28)25-24-21(27)16-11-12-31-14(16)2/h3-5,7-8,11-12,26H,6,9-10H2,1-2H3,(H,24,27)(H,25,28)/b23-17+. The van der Waals surface area contributed by atoms with Crippen molar-refractivity contribution in [2.45, 2.75) is 38.0 Å². The second kappa shape index (κ2) is 8.94. The van der Waals surface area contributed by atoms with E-state index < -0.39 is 21.8 Å². The molecular weight excluding hydrogens is 448 g/mol. The first-order chi connectivity index (χ1) is 15.8.